The third-order valence-corrected chi connectivity index (χ3v) is 5.63. The molecule has 2 N–H and O–H groups in total. The molecule has 1 fully saturated rings. The van der Waals surface area contributed by atoms with Gasteiger partial charge in [-0.05, 0) is 31.1 Å². The van der Waals surface area contributed by atoms with Crippen LogP contribution in [0.5, 0.6) is 0 Å². The van der Waals surface area contributed by atoms with Crippen LogP contribution in [-0.2, 0) is 10.0 Å². The molecule has 0 saturated heterocycles. The fourth-order valence-corrected chi connectivity index (χ4v) is 3.49. The number of rotatable bonds is 8. The van der Waals surface area contributed by atoms with Gasteiger partial charge in [-0.3, -0.25) is 0 Å². The molecule has 0 atom stereocenters. The number of nitrogens with one attached hydrogen (secondary N) is 2. The van der Waals surface area contributed by atoms with E-state index in [-0.39, 0.29) is 10.3 Å². The minimum atomic E-state index is -3.52. The zero-order valence-electron chi connectivity index (χ0n) is 12.7. The summed E-state index contributed by atoms with van der Waals surface area (Å²) in [5.74, 6) is 0.458. The predicted molar refractivity (Wildman–Crippen MR) is 82.6 cm³/mol. The maximum atomic E-state index is 12.2. The number of nitrogens with zero attached hydrogens (tertiary/aromatic N) is 2. The van der Waals surface area contributed by atoms with Crippen molar-refractivity contribution in [3.63, 3.8) is 0 Å². The van der Waals surface area contributed by atoms with E-state index in [1.807, 2.05) is 6.92 Å². The van der Waals surface area contributed by atoms with E-state index in [9.17, 15) is 8.42 Å². The van der Waals surface area contributed by atoms with Gasteiger partial charge in [-0.1, -0.05) is 20.3 Å². The Morgan fingerprint density at radius 3 is 2.38 bits per heavy atom. The number of hydrogen-bond acceptors (Lipinski definition) is 5. The van der Waals surface area contributed by atoms with Crippen molar-refractivity contribution in [2.75, 3.05) is 18.4 Å². The zero-order chi connectivity index (χ0) is 15.3. The van der Waals surface area contributed by atoms with E-state index in [4.69, 9.17) is 0 Å². The third-order valence-electron chi connectivity index (χ3n) is 4.27. The Balaban J connectivity index is 1.98. The quantitative estimate of drug-likeness (QED) is 0.768. The highest BCUT2D eigenvalue weighted by Crippen LogP contribution is 2.43. The SMILES string of the molecule is CCCNc1ncc(S(=O)(=O)NCC2(CC)CCC2)cn1. The molecular formula is C14H24N4O2S. The van der Waals surface area contributed by atoms with Crippen LogP contribution in [0.1, 0.15) is 46.0 Å². The molecule has 1 aliphatic rings. The summed E-state index contributed by atoms with van der Waals surface area (Å²) in [7, 11) is -3.52. The number of sulfonamides is 1. The molecule has 0 bridgehead atoms. The largest absolute Gasteiger partial charge is 0.354 e. The predicted octanol–water partition coefficient (Wildman–Crippen LogP) is 2.16. The summed E-state index contributed by atoms with van der Waals surface area (Å²) < 4.78 is 27.2. The Morgan fingerprint density at radius 2 is 1.90 bits per heavy atom. The average Bonchev–Trinajstić information content (AvgIpc) is 2.45. The molecule has 0 unspecified atom stereocenters. The van der Waals surface area contributed by atoms with Gasteiger partial charge in [-0.2, -0.15) is 0 Å². The molecule has 1 aromatic heterocycles. The maximum absolute atomic E-state index is 12.2. The van der Waals surface area contributed by atoms with Gasteiger partial charge in [0.05, 0.1) is 12.4 Å². The smallest absolute Gasteiger partial charge is 0.243 e. The van der Waals surface area contributed by atoms with E-state index in [2.05, 4.69) is 26.9 Å². The fraction of sp³-hybridized carbons (Fsp3) is 0.714. The van der Waals surface area contributed by atoms with Gasteiger partial charge < -0.3 is 5.32 Å². The minimum Gasteiger partial charge on any atom is -0.354 e. The molecule has 0 radical (unpaired) electrons. The second-order valence-corrected chi connectivity index (χ2v) is 7.47. The summed E-state index contributed by atoms with van der Waals surface area (Å²) in [5.41, 5.74) is 0.149. The summed E-state index contributed by atoms with van der Waals surface area (Å²) in [6.45, 7) is 5.43. The van der Waals surface area contributed by atoms with Crippen LogP contribution in [0.25, 0.3) is 0 Å². The van der Waals surface area contributed by atoms with Gasteiger partial charge in [0.25, 0.3) is 0 Å². The molecule has 2 rings (SSSR count). The van der Waals surface area contributed by atoms with Gasteiger partial charge >= 0.3 is 0 Å². The molecular weight excluding hydrogens is 288 g/mol. The van der Waals surface area contributed by atoms with Crippen molar-refractivity contribution < 1.29 is 8.42 Å². The van der Waals surface area contributed by atoms with Gasteiger partial charge in [0.1, 0.15) is 4.90 Å². The standard InChI is InChI=1S/C14H24N4O2S/c1-3-8-15-13-16-9-12(10-17-13)21(19,20)18-11-14(4-2)6-5-7-14/h9-10,18H,3-8,11H2,1-2H3,(H,15,16,17). The Morgan fingerprint density at radius 1 is 1.24 bits per heavy atom. The average molecular weight is 312 g/mol. The lowest BCUT2D eigenvalue weighted by atomic mass is 9.67. The molecule has 6 nitrogen and oxygen atoms in total. The van der Waals surface area contributed by atoms with Crippen LogP contribution in [0.4, 0.5) is 5.95 Å². The summed E-state index contributed by atoms with van der Waals surface area (Å²) >= 11 is 0. The van der Waals surface area contributed by atoms with Gasteiger partial charge in [-0.25, -0.2) is 23.1 Å². The normalized spacial score (nSPS) is 17.2. The van der Waals surface area contributed by atoms with Gasteiger partial charge in [0.2, 0.25) is 16.0 Å². The van der Waals surface area contributed by atoms with Crippen LogP contribution >= 0.6 is 0 Å². The first-order valence-electron chi connectivity index (χ1n) is 7.57. The molecule has 0 aliphatic heterocycles. The van der Waals surface area contributed by atoms with Crippen LogP contribution in [0.2, 0.25) is 0 Å². The molecule has 7 heteroatoms. The van der Waals surface area contributed by atoms with Crippen LogP contribution in [0, 0.1) is 5.41 Å². The van der Waals surface area contributed by atoms with Crippen molar-refractivity contribution >= 4 is 16.0 Å². The third kappa shape index (κ3) is 3.91. The summed E-state index contributed by atoms with van der Waals surface area (Å²) in [5, 5.41) is 3.02. The van der Waals surface area contributed by atoms with E-state index in [1.54, 1.807) is 0 Å². The number of hydrogen-bond donors (Lipinski definition) is 2. The Bertz CT molecular complexity index is 547. The van der Waals surface area contributed by atoms with Crippen molar-refractivity contribution in [1.82, 2.24) is 14.7 Å². The number of aromatic nitrogens is 2. The van der Waals surface area contributed by atoms with Gasteiger partial charge in [-0.15, -0.1) is 0 Å². The second-order valence-electron chi connectivity index (χ2n) is 5.70. The van der Waals surface area contributed by atoms with E-state index >= 15 is 0 Å². The lowest BCUT2D eigenvalue weighted by Crippen LogP contribution is -2.41. The maximum Gasteiger partial charge on any atom is 0.243 e. The van der Waals surface area contributed by atoms with Crippen LogP contribution in [-0.4, -0.2) is 31.5 Å². The lowest BCUT2D eigenvalue weighted by molar-refractivity contribution is 0.133. The van der Waals surface area contributed by atoms with E-state index in [0.29, 0.717) is 12.5 Å². The fourth-order valence-electron chi connectivity index (χ4n) is 2.45. The lowest BCUT2D eigenvalue weighted by Gasteiger charge is -2.41. The Kier molecular flexibility index (Phi) is 5.16. The summed E-state index contributed by atoms with van der Waals surface area (Å²) in [6, 6.07) is 0. The zero-order valence-corrected chi connectivity index (χ0v) is 13.5. The van der Waals surface area contributed by atoms with E-state index in [0.717, 1.165) is 32.2 Å². The minimum absolute atomic E-state index is 0.120. The molecule has 0 spiro atoms. The van der Waals surface area contributed by atoms with Crippen LogP contribution in [0.15, 0.2) is 17.3 Å². The van der Waals surface area contributed by atoms with E-state index < -0.39 is 10.0 Å². The van der Waals surface area contributed by atoms with Crippen molar-refractivity contribution in [3.05, 3.63) is 12.4 Å². The first-order chi connectivity index (χ1) is 10.0. The van der Waals surface area contributed by atoms with Crippen LogP contribution in [0.3, 0.4) is 0 Å². The van der Waals surface area contributed by atoms with Crippen molar-refractivity contribution in [2.45, 2.75) is 50.8 Å². The Labute approximate surface area is 126 Å². The first kappa shape index (κ1) is 16.2. The molecule has 118 valence electrons. The van der Waals surface area contributed by atoms with Crippen molar-refractivity contribution in [1.29, 1.82) is 0 Å². The highest BCUT2D eigenvalue weighted by Gasteiger charge is 2.36. The molecule has 0 amide bonds. The van der Waals surface area contributed by atoms with Crippen molar-refractivity contribution in [3.8, 4) is 0 Å². The second kappa shape index (κ2) is 6.70. The monoisotopic (exact) mass is 312 g/mol. The van der Waals surface area contributed by atoms with Crippen LogP contribution < -0.4 is 10.0 Å². The topological polar surface area (TPSA) is 84.0 Å². The molecule has 1 heterocycles. The number of anilines is 1. The molecule has 1 aromatic rings. The molecule has 1 saturated carbocycles. The van der Waals surface area contributed by atoms with Gasteiger partial charge in [0.15, 0.2) is 0 Å². The van der Waals surface area contributed by atoms with Crippen molar-refractivity contribution in [2.24, 2.45) is 5.41 Å². The van der Waals surface area contributed by atoms with E-state index in [1.165, 1.54) is 18.8 Å². The highest BCUT2D eigenvalue weighted by molar-refractivity contribution is 7.89. The highest BCUT2D eigenvalue weighted by atomic mass is 32.2. The molecule has 1 aliphatic carbocycles. The summed E-state index contributed by atoms with van der Waals surface area (Å²) in [4.78, 5) is 8.20. The molecule has 0 aromatic carbocycles. The summed E-state index contributed by atoms with van der Waals surface area (Å²) in [6.07, 6.45) is 8.07. The Hall–Kier alpha value is -1.21. The first-order valence-corrected chi connectivity index (χ1v) is 9.05. The van der Waals surface area contributed by atoms with Gasteiger partial charge in [0, 0.05) is 13.1 Å². The molecule has 21 heavy (non-hydrogen) atoms.